The normalized spacial score (nSPS) is 7.71. The summed E-state index contributed by atoms with van der Waals surface area (Å²) in [5.74, 6) is 0. The molecule has 0 aromatic heterocycles. The van der Waals surface area contributed by atoms with Crippen molar-refractivity contribution in [3.8, 4) is 0 Å². The van der Waals surface area contributed by atoms with Gasteiger partial charge in [0.1, 0.15) is 0 Å². The van der Waals surface area contributed by atoms with Crippen LogP contribution in [-0.2, 0) is 18.6 Å². The second kappa shape index (κ2) is 9.71. The molecule has 0 saturated heterocycles. The SMILES string of the molecule is CNCCNC.[V]. The average molecular weight is 139 g/mol. The minimum atomic E-state index is 0. The van der Waals surface area contributed by atoms with Crippen LogP contribution in [0.5, 0.6) is 0 Å². The monoisotopic (exact) mass is 139 g/mol. The van der Waals surface area contributed by atoms with Gasteiger partial charge >= 0.3 is 0 Å². The number of likely N-dealkylation sites (N-methyl/N-ethyl adjacent to an activating group) is 2. The molecule has 0 unspecified atom stereocenters. The van der Waals surface area contributed by atoms with E-state index in [1.807, 2.05) is 14.1 Å². The summed E-state index contributed by atoms with van der Waals surface area (Å²) >= 11 is 0. The molecule has 0 heterocycles. The van der Waals surface area contributed by atoms with Crippen molar-refractivity contribution in [2.45, 2.75) is 0 Å². The third kappa shape index (κ3) is 10.7. The smallest absolute Gasteiger partial charge is 0.00736 e. The zero-order valence-electron chi connectivity index (χ0n) is 4.86. The first kappa shape index (κ1) is 10.5. The van der Waals surface area contributed by atoms with Gasteiger partial charge in [-0.1, -0.05) is 0 Å². The fraction of sp³-hybridized carbons (Fsp3) is 1.00. The van der Waals surface area contributed by atoms with E-state index in [0.717, 1.165) is 13.1 Å². The van der Waals surface area contributed by atoms with Crippen LogP contribution in [0, 0.1) is 0 Å². The van der Waals surface area contributed by atoms with Gasteiger partial charge in [-0.2, -0.15) is 0 Å². The van der Waals surface area contributed by atoms with Crippen LogP contribution in [0.4, 0.5) is 0 Å². The number of rotatable bonds is 3. The van der Waals surface area contributed by atoms with Crippen LogP contribution in [0.15, 0.2) is 0 Å². The van der Waals surface area contributed by atoms with Crippen LogP contribution in [0.3, 0.4) is 0 Å². The molecule has 0 fully saturated rings. The topological polar surface area (TPSA) is 24.1 Å². The van der Waals surface area contributed by atoms with E-state index >= 15 is 0 Å². The summed E-state index contributed by atoms with van der Waals surface area (Å²) in [4.78, 5) is 0. The van der Waals surface area contributed by atoms with Crippen molar-refractivity contribution in [2.24, 2.45) is 0 Å². The molecular formula is C4H12N2V. The maximum absolute atomic E-state index is 3.01. The Kier molecular flexibility index (Phi) is 14.5. The van der Waals surface area contributed by atoms with Gasteiger partial charge < -0.3 is 10.6 Å². The minimum Gasteiger partial charge on any atom is -0.318 e. The van der Waals surface area contributed by atoms with Gasteiger partial charge in [-0.05, 0) is 14.1 Å². The number of hydrogen-bond donors (Lipinski definition) is 2. The Morgan fingerprint density at radius 1 is 1.00 bits per heavy atom. The van der Waals surface area contributed by atoms with E-state index in [9.17, 15) is 0 Å². The summed E-state index contributed by atoms with van der Waals surface area (Å²) in [7, 11) is 3.88. The van der Waals surface area contributed by atoms with Crippen LogP contribution < -0.4 is 10.6 Å². The maximum Gasteiger partial charge on any atom is 0.00736 e. The van der Waals surface area contributed by atoms with Crippen LogP contribution in [-0.4, -0.2) is 27.2 Å². The van der Waals surface area contributed by atoms with Crippen molar-refractivity contribution >= 4 is 0 Å². The molecule has 2 nitrogen and oxygen atoms in total. The van der Waals surface area contributed by atoms with E-state index in [-0.39, 0.29) is 18.6 Å². The van der Waals surface area contributed by atoms with Crippen LogP contribution in [0.25, 0.3) is 0 Å². The van der Waals surface area contributed by atoms with Crippen molar-refractivity contribution in [3.05, 3.63) is 0 Å². The largest absolute Gasteiger partial charge is 0.318 e. The molecule has 0 aliphatic rings. The second-order valence-electron chi connectivity index (χ2n) is 1.21. The zero-order valence-corrected chi connectivity index (χ0v) is 6.26. The van der Waals surface area contributed by atoms with E-state index in [2.05, 4.69) is 10.6 Å². The summed E-state index contributed by atoms with van der Waals surface area (Å²) in [6.45, 7) is 2.10. The van der Waals surface area contributed by atoms with Gasteiger partial charge in [0.15, 0.2) is 0 Å². The van der Waals surface area contributed by atoms with E-state index in [0.29, 0.717) is 0 Å². The van der Waals surface area contributed by atoms with Gasteiger partial charge in [0, 0.05) is 31.6 Å². The van der Waals surface area contributed by atoms with Gasteiger partial charge in [-0.15, -0.1) is 0 Å². The number of hydrogen-bond acceptors (Lipinski definition) is 2. The van der Waals surface area contributed by atoms with E-state index in [4.69, 9.17) is 0 Å². The standard InChI is InChI=1S/C4H12N2.V/c1-5-3-4-6-2;/h5-6H,3-4H2,1-2H3;. The molecule has 0 aliphatic carbocycles. The fourth-order valence-electron chi connectivity index (χ4n) is 0.250. The Morgan fingerprint density at radius 3 is 1.43 bits per heavy atom. The summed E-state index contributed by atoms with van der Waals surface area (Å²) in [5, 5.41) is 6.01. The van der Waals surface area contributed by atoms with E-state index in [1.54, 1.807) is 0 Å². The molecule has 0 aliphatic heterocycles. The van der Waals surface area contributed by atoms with Crippen molar-refractivity contribution in [2.75, 3.05) is 27.2 Å². The van der Waals surface area contributed by atoms with Gasteiger partial charge in [0.05, 0.1) is 0 Å². The van der Waals surface area contributed by atoms with E-state index < -0.39 is 0 Å². The Bertz CT molecular complexity index is 21.7. The molecule has 0 aromatic rings. The summed E-state index contributed by atoms with van der Waals surface area (Å²) in [6, 6.07) is 0. The van der Waals surface area contributed by atoms with Gasteiger partial charge in [-0.3, -0.25) is 0 Å². The van der Waals surface area contributed by atoms with Crippen LogP contribution >= 0.6 is 0 Å². The van der Waals surface area contributed by atoms with E-state index in [1.165, 1.54) is 0 Å². The van der Waals surface area contributed by atoms with Crippen molar-refractivity contribution in [1.29, 1.82) is 0 Å². The predicted octanol–water partition coefficient (Wildman–Crippen LogP) is -0.577. The number of nitrogens with one attached hydrogen (secondary N) is 2. The van der Waals surface area contributed by atoms with Gasteiger partial charge in [-0.25, -0.2) is 0 Å². The molecule has 43 valence electrons. The molecule has 7 heavy (non-hydrogen) atoms. The molecular weight excluding hydrogens is 127 g/mol. The third-order valence-electron chi connectivity index (χ3n) is 0.625. The minimum absolute atomic E-state index is 0. The summed E-state index contributed by atoms with van der Waals surface area (Å²) in [5.41, 5.74) is 0. The van der Waals surface area contributed by atoms with Crippen molar-refractivity contribution < 1.29 is 18.6 Å². The molecule has 0 amide bonds. The summed E-state index contributed by atoms with van der Waals surface area (Å²) in [6.07, 6.45) is 0. The third-order valence-corrected chi connectivity index (χ3v) is 0.625. The van der Waals surface area contributed by atoms with Crippen molar-refractivity contribution in [3.63, 3.8) is 0 Å². The molecule has 0 saturated carbocycles. The zero-order chi connectivity index (χ0) is 4.83. The molecule has 3 heteroatoms. The molecule has 0 atom stereocenters. The molecule has 0 aromatic carbocycles. The molecule has 0 rings (SSSR count). The Hall–Kier alpha value is 0.504. The Morgan fingerprint density at radius 2 is 1.29 bits per heavy atom. The van der Waals surface area contributed by atoms with Gasteiger partial charge in [0.2, 0.25) is 0 Å². The Balaban J connectivity index is 0. The summed E-state index contributed by atoms with van der Waals surface area (Å²) < 4.78 is 0. The quantitative estimate of drug-likeness (QED) is 0.511. The first-order chi connectivity index (χ1) is 2.91. The Labute approximate surface area is 56.9 Å². The average Bonchev–Trinajstić information content (AvgIpc) is 1.61. The van der Waals surface area contributed by atoms with Crippen molar-refractivity contribution in [1.82, 2.24) is 10.6 Å². The van der Waals surface area contributed by atoms with Gasteiger partial charge in [0.25, 0.3) is 0 Å². The molecule has 1 radical (unpaired) electrons. The van der Waals surface area contributed by atoms with Crippen LogP contribution in [0.1, 0.15) is 0 Å². The molecule has 0 spiro atoms. The predicted molar refractivity (Wildman–Crippen MR) is 27.9 cm³/mol. The second-order valence-corrected chi connectivity index (χ2v) is 1.21. The molecule has 0 bridgehead atoms. The molecule has 2 N–H and O–H groups in total. The van der Waals surface area contributed by atoms with Crippen LogP contribution in [0.2, 0.25) is 0 Å². The first-order valence-electron chi connectivity index (χ1n) is 2.21. The first-order valence-corrected chi connectivity index (χ1v) is 2.21. The fourth-order valence-corrected chi connectivity index (χ4v) is 0.250. The maximum atomic E-state index is 3.01.